The van der Waals surface area contributed by atoms with Gasteiger partial charge in [0.15, 0.2) is 0 Å². The van der Waals surface area contributed by atoms with Crippen LogP contribution in [0.4, 0.5) is 15.7 Å². The second-order valence-corrected chi connectivity index (χ2v) is 8.37. The molecule has 29 heavy (non-hydrogen) atoms. The number of fused-ring (bicyclic) bond motifs is 2. The molecule has 2 amide bonds. The first-order valence-electron chi connectivity index (χ1n) is 9.57. The number of urea groups is 1. The van der Waals surface area contributed by atoms with E-state index in [9.17, 15) is 4.79 Å². The van der Waals surface area contributed by atoms with Gasteiger partial charge in [0.2, 0.25) is 5.13 Å². The summed E-state index contributed by atoms with van der Waals surface area (Å²) in [6.45, 7) is 1.53. The third kappa shape index (κ3) is 3.24. The summed E-state index contributed by atoms with van der Waals surface area (Å²) in [6.07, 6.45) is 5.60. The van der Waals surface area contributed by atoms with Crippen LogP contribution in [0.15, 0.2) is 18.6 Å². The predicted octanol–water partition coefficient (Wildman–Crippen LogP) is 2.69. The Morgan fingerprint density at radius 1 is 1.38 bits per heavy atom. The zero-order valence-electron chi connectivity index (χ0n) is 16.2. The lowest BCUT2D eigenvalue weighted by atomic mass is 10.0. The number of ether oxygens (including phenoxy) is 1. The van der Waals surface area contributed by atoms with Crippen molar-refractivity contribution < 1.29 is 12.4 Å². The van der Waals surface area contributed by atoms with Crippen LogP contribution < -0.4 is 15.0 Å². The quantitative estimate of drug-likeness (QED) is 0.670. The van der Waals surface area contributed by atoms with Gasteiger partial charge in [0, 0.05) is 46.8 Å². The highest BCUT2D eigenvalue weighted by Crippen LogP contribution is 2.41. The molecule has 2 N–H and O–H groups in total. The summed E-state index contributed by atoms with van der Waals surface area (Å²) in [4.78, 5) is 32.8. The summed E-state index contributed by atoms with van der Waals surface area (Å²) in [5.74, 6) is 1.96. The van der Waals surface area contributed by atoms with E-state index in [1.807, 2.05) is 17.2 Å². The second kappa shape index (κ2) is 7.14. The average Bonchev–Trinajstić information content (AvgIpc) is 3.48. The Bertz CT molecular complexity index is 1030. The molecule has 156 valence electrons. The number of amides is 2. The molecule has 3 aromatic heterocycles. The number of carbonyl (C=O) groups is 1. The highest BCUT2D eigenvalue weighted by atomic mass is 32.1. The number of hydrogen-bond donors (Lipinski definition) is 2. The topological polar surface area (TPSA) is 112 Å². The van der Waals surface area contributed by atoms with Gasteiger partial charge in [-0.1, -0.05) is 0 Å². The summed E-state index contributed by atoms with van der Waals surface area (Å²) in [5.41, 5.74) is 0.858. The Morgan fingerprint density at radius 3 is 2.90 bits per heavy atom. The van der Waals surface area contributed by atoms with Crippen molar-refractivity contribution in [3.05, 3.63) is 18.6 Å². The molecule has 1 saturated heterocycles. The molecule has 1 aliphatic heterocycles. The SMILES string of the molecule is COc1nsc(NC(=O)N2C[C@H]3CC(N(C)c4ncnc5[nH]ccc45)C[C@H]3C2)n1.[HH].[HH]. The maximum Gasteiger partial charge on any atom is 0.329 e. The third-order valence-electron chi connectivity index (χ3n) is 6.03. The summed E-state index contributed by atoms with van der Waals surface area (Å²) in [7, 11) is 3.61. The van der Waals surface area contributed by atoms with E-state index in [4.69, 9.17) is 4.74 Å². The number of methoxy groups -OCH3 is 1. The Kier molecular flexibility index (Phi) is 4.46. The Hall–Kier alpha value is -2.95. The standard InChI is InChI=1S/C18H22N8O2S.2H2/c1-25(15-13-3-4-19-14(13)20-9-21-15)12-5-10-7-26(8-11(10)6-12)18(27)23-17-22-16(28-2)24-29-17;;/h3-4,9-12H,5-8H2,1-2H3,(H,19,20,21)(H,22,23,24,27);2*1H/t10-,11+,12?;;. The zero-order valence-corrected chi connectivity index (χ0v) is 17.0. The van der Waals surface area contributed by atoms with Gasteiger partial charge in [0.25, 0.3) is 0 Å². The molecule has 11 heteroatoms. The molecule has 1 unspecified atom stereocenters. The number of nitrogens with zero attached hydrogens (tertiary/aromatic N) is 6. The van der Waals surface area contributed by atoms with Crippen molar-refractivity contribution in [2.45, 2.75) is 18.9 Å². The normalized spacial score (nSPS) is 23.4. The molecule has 0 radical (unpaired) electrons. The molecule has 3 aromatic rings. The minimum absolute atomic E-state index is 0. The minimum atomic E-state index is -0.118. The molecule has 2 fully saturated rings. The van der Waals surface area contributed by atoms with Crippen LogP contribution in [-0.4, -0.2) is 68.5 Å². The maximum absolute atomic E-state index is 12.6. The molecule has 4 heterocycles. The van der Waals surface area contributed by atoms with Crippen molar-refractivity contribution in [3.63, 3.8) is 0 Å². The number of hydrogen-bond acceptors (Lipinski definition) is 8. The van der Waals surface area contributed by atoms with Crippen LogP contribution in [0, 0.1) is 11.8 Å². The fraction of sp³-hybridized carbons (Fsp3) is 0.500. The largest absolute Gasteiger partial charge is 0.466 e. The smallest absolute Gasteiger partial charge is 0.329 e. The fourth-order valence-corrected chi connectivity index (χ4v) is 5.11. The summed E-state index contributed by atoms with van der Waals surface area (Å²) >= 11 is 1.12. The first-order valence-corrected chi connectivity index (χ1v) is 10.3. The summed E-state index contributed by atoms with van der Waals surface area (Å²) in [6, 6.07) is 2.59. The number of aromatic amines is 1. The van der Waals surface area contributed by atoms with Crippen molar-refractivity contribution in [2.75, 3.05) is 37.5 Å². The molecular weight excluding hydrogens is 392 g/mol. The lowest BCUT2D eigenvalue weighted by molar-refractivity contribution is 0.218. The molecule has 2 aliphatic rings. The zero-order chi connectivity index (χ0) is 20.0. The van der Waals surface area contributed by atoms with Crippen LogP contribution in [0.1, 0.15) is 15.7 Å². The van der Waals surface area contributed by atoms with Gasteiger partial charge in [0.05, 0.1) is 12.5 Å². The van der Waals surface area contributed by atoms with Crippen LogP contribution in [-0.2, 0) is 0 Å². The van der Waals surface area contributed by atoms with E-state index in [1.54, 1.807) is 6.33 Å². The second-order valence-electron chi connectivity index (χ2n) is 7.61. The van der Waals surface area contributed by atoms with Crippen LogP contribution in [0.3, 0.4) is 0 Å². The number of nitrogens with one attached hydrogen (secondary N) is 2. The van der Waals surface area contributed by atoms with E-state index in [-0.39, 0.29) is 14.9 Å². The van der Waals surface area contributed by atoms with Gasteiger partial charge in [-0.3, -0.25) is 5.32 Å². The van der Waals surface area contributed by atoms with Gasteiger partial charge in [-0.15, -0.1) is 4.37 Å². The van der Waals surface area contributed by atoms with E-state index in [1.165, 1.54) is 7.11 Å². The Balaban J connectivity index is 0.00000136. The van der Waals surface area contributed by atoms with E-state index in [2.05, 4.69) is 41.6 Å². The highest BCUT2D eigenvalue weighted by molar-refractivity contribution is 7.10. The van der Waals surface area contributed by atoms with Crippen molar-refractivity contribution in [2.24, 2.45) is 11.8 Å². The predicted molar refractivity (Wildman–Crippen MR) is 114 cm³/mol. The van der Waals surface area contributed by atoms with E-state index in [0.29, 0.717) is 23.0 Å². The van der Waals surface area contributed by atoms with Crippen molar-refractivity contribution in [3.8, 4) is 6.01 Å². The van der Waals surface area contributed by atoms with E-state index in [0.717, 1.165) is 54.3 Å². The molecule has 0 aromatic carbocycles. The maximum atomic E-state index is 12.6. The van der Waals surface area contributed by atoms with Gasteiger partial charge in [-0.2, -0.15) is 4.98 Å². The molecule has 1 aliphatic carbocycles. The highest BCUT2D eigenvalue weighted by Gasteiger charge is 2.44. The number of rotatable bonds is 4. The van der Waals surface area contributed by atoms with Crippen molar-refractivity contribution in [1.29, 1.82) is 0 Å². The average molecular weight is 419 g/mol. The number of likely N-dealkylation sites (tertiary alicyclic amines) is 1. The van der Waals surface area contributed by atoms with Gasteiger partial charge in [-0.05, 0) is 30.7 Å². The van der Waals surface area contributed by atoms with Crippen LogP contribution >= 0.6 is 11.5 Å². The monoisotopic (exact) mass is 418 g/mol. The first-order chi connectivity index (χ1) is 14.1. The lowest BCUT2D eigenvalue weighted by Gasteiger charge is -2.27. The molecule has 1 saturated carbocycles. The van der Waals surface area contributed by atoms with Gasteiger partial charge in [-0.25, -0.2) is 14.8 Å². The van der Waals surface area contributed by atoms with Crippen LogP contribution in [0.5, 0.6) is 6.01 Å². The van der Waals surface area contributed by atoms with Crippen LogP contribution in [0.2, 0.25) is 0 Å². The number of carbonyl (C=O) groups excluding carboxylic acids is 1. The third-order valence-corrected chi connectivity index (χ3v) is 6.65. The van der Waals surface area contributed by atoms with Gasteiger partial charge < -0.3 is 19.5 Å². The van der Waals surface area contributed by atoms with Gasteiger partial charge in [0.1, 0.15) is 17.8 Å². The molecule has 0 bridgehead atoms. The summed E-state index contributed by atoms with van der Waals surface area (Å²) < 4.78 is 8.97. The Morgan fingerprint density at radius 2 is 2.17 bits per heavy atom. The lowest BCUT2D eigenvalue weighted by Crippen LogP contribution is -2.36. The first kappa shape index (κ1) is 18.1. The van der Waals surface area contributed by atoms with E-state index < -0.39 is 0 Å². The molecule has 3 atom stereocenters. The van der Waals surface area contributed by atoms with Crippen molar-refractivity contribution >= 4 is 39.5 Å². The summed E-state index contributed by atoms with van der Waals surface area (Å²) in [5, 5.41) is 4.33. The number of anilines is 2. The van der Waals surface area contributed by atoms with Crippen molar-refractivity contribution in [1.82, 2.24) is 29.2 Å². The fourth-order valence-electron chi connectivity index (χ4n) is 4.58. The van der Waals surface area contributed by atoms with E-state index >= 15 is 0 Å². The Labute approximate surface area is 174 Å². The molecule has 10 nitrogen and oxygen atoms in total. The minimum Gasteiger partial charge on any atom is -0.466 e. The van der Waals surface area contributed by atoms with Crippen LogP contribution in [0.25, 0.3) is 11.0 Å². The number of aromatic nitrogens is 5. The molecule has 0 spiro atoms. The molecular formula is C18H26N8O2S. The number of H-pyrrole nitrogens is 1. The van der Waals surface area contributed by atoms with Gasteiger partial charge >= 0.3 is 12.0 Å². The molecule has 5 rings (SSSR count).